The number of aliphatic hydroxyl groups is 1. The first kappa shape index (κ1) is 65.3. The van der Waals surface area contributed by atoms with Gasteiger partial charge in [0, 0.05) is 45.8 Å². The van der Waals surface area contributed by atoms with Crippen molar-refractivity contribution in [3.63, 3.8) is 0 Å². The lowest BCUT2D eigenvalue weighted by molar-refractivity contribution is -0.136. The SMILES string of the molecule is CCCCCCCCCCCCN(CCCCCCCCCCCC)CC(O)N1CCN(C(=O)CN(CCCCCCCCC)CCN(CCCCCCCCC)CCCCCCCCC)CC1. The van der Waals surface area contributed by atoms with E-state index in [1.165, 1.54) is 276 Å². The van der Waals surface area contributed by atoms with Gasteiger partial charge in [-0.3, -0.25) is 19.5 Å². The largest absolute Gasteiger partial charge is 0.377 e. The second-order valence-corrected chi connectivity index (χ2v) is 22.0. The van der Waals surface area contributed by atoms with Crippen LogP contribution in [0.15, 0.2) is 0 Å². The van der Waals surface area contributed by atoms with Crippen molar-refractivity contribution in [3.8, 4) is 0 Å². The lowest BCUT2D eigenvalue weighted by atomic mass is 10.1. The van der Waals surface area contributed by atoms with Crippen LogP contribution in [0.2, 0.25) is 0 Å². The summed E-state index contributed by atoms with van der Waals surface area (Å²) in [4.78, 5) is 26.3. The zero-order valence-electron chi connectivity index (χ0n) is 47.4. The predicted molar refractivity (Wildman–Crippen MR) is 301 cm³/mol. The molecule has 0 aliphatic carbocycles. The molecule has 1 aliphatic rings. The molecule has 1 fully saturated rings. The number of rotatable bonds is 54. The highest BCUT2D eigenvalue weighted by Crippen LogP contribution is 2.17. The molecule has 1 heterocycles. The van der Waals surface area contributed by atoms with Crippen molar-refractivity contribution in [1.82, 2.24) is 24.5 Å². The number of piperazine rings is 1. The van der Waals surface area contributed by atoms with Crippen molar-refractivity contribution in [3.05, 3.63) is 0 Å². The van der Waals surface area contributed by atoms with E-state index in [0.717, 1.165) is 65.4 Å². The van der Waals surface area contributed by atoms with Gasteiger partial charge in [-0.25, -0.2) is 0 Å². The van der Waals surface area contributed by atoms with Crippen LogP contribution in [0.3, 0.4) is 0 Å². The minimum absolute atomic E-state index is 0.302. The van der Waals surface area contributed by atoms with Crippen LogP contribution in [0.25, 0.3) is 0 Å². The average molecular weight is 961 g/mol. The molecule has 0 radical (unpaired) electrons. The van der Waals surface area contributed by atoms with E-state index in [0.29, 0.717) is 12.5 Å². The highest BCUT2D eigenvalue weighted by atomic mass is 16.3. The van der Waals surface area contributed by atoms with E-state index in [4.69, 9.17) is 0 Å². The Morgan fingerprint density at radius 3 is 0.897 bits per heavy atom. The van der Waals surface area contributed by atoms with E-state index < -0.39 is 6.23 Å². The number of carbonyl (C=O) groups excluding carboxylic acids is 1. The van der Waals surface area contributed by atoms with E-state index >= 15 is 0 Å². The number of unbranched alkanes of at least 4 members (excludes halogenated alkanes) is 36. The van der Waals surface area contributed by atoms with Gasteiger partial charge in [-0.05, 0) is 64.8 Å². The lowest BCUT2D eigenvalue weighted by Gasteiger charge is -2.39. The molecule has 1 saturated heterocycles. The molecule has 0 saturated carbocycles. The van der Waals surface area contributed by atoms with E-state index in [2.05, 4.69) is 59.1 Å². The molecule has 68 heavy (non-hydrogen) atoms. The third-order valence-corrected chi connectivity index (χ3v) is 15.5. The number of hydrogen-bond donors (Lipinski definition) is 1. The quantitative estimate of drug-likeness (QED) is 0.0613. The molecule has 1 amide bonds. The smallest absolute Gasteiger partial charge is 0.236 e. The average Bonchev–Trinajstić information content (AvgIpc) is 3.35. The molecule has 1 aliphatic heterocycles. The van der Waals surface area contributed by atoms with Crippen molar-refractivity contribution in [2.45, 2.75) is 304 Å². The topological polar surface area (TPSA) is 53.5 Å². The summed E-state index contributed by atoms with van der Waals surface area (Å²) in [6.45, 7) is 23.6. The van der Waals surface area contributed by atoms with Gasteiger partial charge in [0.25, 0.3) is 0 Å². The summed E-state index contributed by atoms with van der Waals surface area (Å²) < 4.78 is 0. The van der Waals surface area contributed by atoms with Gasteiger partial charge in [0.05, 0.1) is 6.54 Å². The maximum atomic E-state index is 14.1. The fourth-order valence-electron chi connectivity index (χ4n) is 10.6. The Hall–Kier alpha value is -0.730. The molecule has 0 bridgehead atoms. The molecule has 1 N–H and O–H groups in total. The minimum Gasteiger partial charge on any atom is -0.377 e. The standard InChI is InChI=1S/C61H125N5O2/c1-6-11-16-21-26-28-30-35-40-44-49-63(50-45-41-36-31-29-27-22-17-12-7-2)58-60(67)65-54-56-66(57-55-65)61(68)59-64(51-46-39-34-25-20-15-10-5)53-52-62(47-42-37-32-23-18-13-8-3)48-43-38-33-24-19-14-9-4/h60,67H,6-59H2,1-5H3. The molecule has 1 rings (SSSR count). The second-order valence-electron chi connectivity index (χ2n) is 22.0. The third kappa shape index (κ3) is 40.8. The highest BCUT2D eigenvalue weighted by molar-refractivity contribution is 5.78. The van der Waals surface area contributed by atoms with Crippen molar-refractivity contribution in [2.24, 2.45) is 0 Å². The molecule has 1 unspecified atom stereocenters. The van der Waals surface area contributed by atoms with Crippen molar-refractivity contribution in [2.75, 3.05) is 85.1 Å². The first-order valence-corrected chi connectivity index (χ1v) is 31.4. The molecular weight excluding hydrogens is 835 g/mol. The monoisotopic (exact) mass is 960 g/mol. The zero-order chi connectivity index (χ0) is 49.2. The van der Waals surface area contributed by atoms with Gasteiger partial charge in [-0.15, -0.1) is 0 Å². The van der Waals surface area contributed by atoms with Crippen molar-refractivity contribution >= 4 is 5.91 Å². The van der Waals surface area contributed by atoms with Crippen LogP contribution in [-0.2, 0) is 4.79 Å². The minimum atomic E-state index is -0.453. The second kappa shape index (κ2) is 51.2. The van der Waals surface area contributed by atoms with E-state index in [1.807, 2.05) is 0 Å². The van der Waals surface area contributed by atoms with Gasteiger partial charge in [-0.1, -0.05) is 266 Å². The fraction of sp³-hybridized carbons (Fsp3) is 0.984. The first-order chi connectivity index (χ1) is 33.5. The Balaban J connectivity index is 2.76. The van der Waals surface area contributed by atoms with Crippen LogP contribution in [-0.4, -0.2) is 127 Å². The molecule has 0 spiro atoms. The molecule has 406 valence electrons. The summed E-state index contributed by atoms with van der Waals surface area (Å²) in [7, 11) is 0. The number of carbonyl (C=O) groups is 1. The molecular formula is C61H125N5O2. The molecule has 0 aromatic carbocycles. The Morgan fingerprint density at radius 1 is 0.338 bits per heavy atom. The van der Waals surface area contributed by atoms with Crippen LogP contribution >= 0.6 is 0 Å². The summed E-state index contributed by atoms with van der Waals surface area (Å²) in [6, 6.07) is 0. The summed E-state index contributed by atoms with van der Waals surface area (Å²) in [5, 5.41) is 11.7. The summed E-state index contributed by atoms with van der Waals surface area (Å²) in [6.07, 6.45) is 55.1. The molecule has 1 atom stereocenters. The van der Waals surface area contributed by atoms with Crippen molar-refractivity contribution < 1.29 is 9.90 Å². The Morgan fingerprint density at radius 2 is 0.588 bits per heavy atom. The van der Waals surface area contributed by atoms with Crippen LogP contribution in [0.1, 0.15) is 298 Å². The lowest BCUT2D eigenvalue weighted by Crippen LogP contribution is -2.56. The first-order valence-electron chi connectivity index (χ1n) is 31.4. The summed E-state index contributed by atoms with van der Waals surface area (Å²) >= 11 is 0. The normalized spacial score (nSPS) is 14.1. The molecule has 0 aromatic rings. The number of nitrogens with zero attached hydrogens (tertiary/aromatic N) is 5. The van der Waals surface area contributed by atoms with Crippen LogP contribution < -0.4 is 0 Å². The molecule has 0 aromatic heterocycles. The van der Waals surface area contributed by atoms with E-state index in [-0.39, 0.29) is 0 Å². The van der Waals surface area contributed by atoms with Gasteiger partial charge in [0.1, 0.15) is 6.23 Å². The van der Waals surface area contributed by atoms with Gasteiger partial charge < -0.3 is 14.9 Å². The van der Waals surface area contributed by atoms with Gasteiger partial charge in [0.2, 0.25) is 5.91 Å². The fourth-order valence-corrected chi connectivity index (χ4v) is 10.6. The third-order valence-electron chi connectivity index (χ3n) is 15.5. The summed E-state index contributed by atoms with van der Waals surface area (Å²) in [5.74, 6) is 0.302. The van der Waals surface area contributed by atoms with E-state index in [9.17, 15) is 9.90 Å². The summed E-state index contributed by atoms with van der Waals surface area (Å²) in [5.41, 5.74) is 0. The van der Waals surface area contributed by atoms with Gasteiger partial charge in [-0.2, -0.15) is 0 Å². The Bertz CT molecular complexity index is 965. The predicted octanol–water partition coefficient (Wildman–Crippen LogP) is 16.4. The van der Waals surface area contributed by atoms with Crippen LogP contribution in [0.4, 0.5) is 0 Å². The van der Waals surface area contributed by atoms with Crippen molar-refractivity contribution in [1.29, 1.82) is 0 Å². The van der Waals surface area contributed by atoms with Crippen LogP contribution in [0, 0.1) is 0 Å². The van der Waals surface area contributed by atoms with Gasteiger partial charge in [0.15, 0.2) is 0 Å². The maximum absolute atomic E-state index is 14.1. The Labute approximate surface area is 427 Å². The number of amides is 1. The number of aliphatic hydroxyl groups excluding tert-OH is 1. The highest BCUT2D eigenvalue weighted by Gasteiger charge is 2.27. The molecule has 7 nitrogen and oxygen atoms in total. The maximum Gasteiger partial charge on any atom is 0.236 e. The molecule has 7 heteroatoms. The van der Waals surface area contributed by atoms with Crippen LogP contribution in [0.5, 0.6) is 0 Å². The van der Waals surface area contributed by atoms with E-state index in [1.54, 1.807) is 0 Å². The van der Waals surface area contributed by atoms with Gasteiger partial charge >= 0.3 is 0 Å². The number of hydrogen-bond acceptors (Lipinski definition) is 6. The Kier molecular flexibility index (Phi) is 49.1. The zero-order valence-corrected chi connectivity index (χ0v) is 47.4.